The number of aromatic nitrogens is 2. The van der Waals surface area contributed by atoms with Crippen LogP contribution in [0.1, 0.15) is 28.8 Å². The van der Waals surface area contributed by atoms with E-state index in [1.165, 1.54) is 11.8 Å². The number of pyridine rings is 1. The number of imidazole rings is 1. The van der Waals surface area contributed by atoms with E-state index >= 15 is 0 Å². The number of hydrogen-bond donors (Lipinski definition) is 1. The van der Waals surface area contributed by atoms with Gasteiger partial charge in [0.15, 0.2) is 0 Å². The van der Waals surface area contributed by atoms with Crippen LogP contribution in [0.4, 0.5) is 5.69 Å². The molecule has 0 bridgehead atoms. The first-order valence-corrected chi connectivity index (χ1v) is 12.4. The van der Waals surface area contributed by atoms with Crippen molar-refractivity contribution in [1.29, 1.82) is 0 Å². The van der Waals surface area contributed by atoms with Gasteiger partial charge in [0.2, 0.25) is 5.91 Å². The maximum atomic E-state index is 13.0. The molecule has 172 valence electrons. The second-order valence-electron chi connectivity index (χ2n) is 8.45. The summed E-state index contributed by atoms with van der Waals surface area (Å²) in [5, 5.41) is 2.98. The van der Waals surface area contributed by atoms with Crippen molar-refractivity contribution in [3.8, 4) is 11.3 Å². The van der Waals surface area contributed by atoms with E-state index in [0.717, 1.165) is 53.3 Å². The zero-order valence-electron chi connectivity index (χ0n) is 19.0. The van der Waals surface area contributed by atoms with Gasteiger partial charge in [0.05, 0.1) is 17.0 Å². The fraction of sp³-hybridized carbons (Fsp3) is 0.222. The number of nitrogens with one attached hydrogen (secondary N) is 1. The third kappa shape index (κ3) is 4.70. The highest BCUT2D eigenvalue weighted by Crippen LogP contribution is 2.26. The van der Waals surface area contributed by atoms with Crippen LogP contribution in [0.3, 0.4) is 0 Å². The van der Waals surface area contributed by atoms with Crippen LogP contribution < -0.4 is 5.32 Å². The highest BCUT2D eigenvalue weighted by atomic mass is 32.2. The molecule has 3 heterocycles. The van der Waals surface area contributed by atoms with Crippen LogP contribution in [-0.4, -0.2) is 44.9 Å². The molecule has 0 spiro atoms. The average molecular weight is 471 g/mol. The fourth-order valence-corrected chi connectivity index (χ4v) is 5.15. The number of amides is 2. The first kappa shape index (κ1) is 22.2. The van der Waals surface area contributed by atoms with Crippen molar-refractivity contribution in [3.63, 3.8) is 0 Å². The molecule has 6 nitrogen and oxygen atoms in total. The van der Waals surface area contributed by atoms with Crippen LogP contribution in [0.15, 0.2) is 78.0 Å². The van der Waals surface area contributed by atoms with Crippen LogP contribution in [0.25, 0.3) is 16.9 Å². The van der Waals surface area contributed by atoms with E-state index in [-0.39, 0.29) is 11.8 Å². The van der Waals surface area contributed by atoms with Gasteiger partial charge in [-0.15, -0.1) is 11.8 Å². The summed E-state index contributed by atoms with van der Waals surface area (Å²) in [5.74, 6) is 0.292. The number of rotatable bonds is 6. The van der Waals surface area contributed by atoms with E-state index in [1.54, 1.807) is 6.07 Å². The number of aryl methyl sites for hydroxylation is 1. The van der Waals surface area contributed by atoms with E-state index in [4.69, 9.17) is 4.98 Å². The Hall–Kier alpha value is -3.58. The normalized spacial score (nSPS) is 13.4. The Morgan fingerprint density at radius 3 is 2.53 bits per heavy atom. The number of likely N-dealkylation sites (tertiary alicyclic amines) is 1. The van der Waals surface area contributed by atoms with Gasteiger partial charge in [-0.05, 0) is 55.7 Å². The monoisotopic (exact) mass is 470 g/mol. The van der Waals surface area contributed by atoms with Crippen molar-refractivity contribution in [2.75, 3.05) is 24.2 Å². The molecule has 1 fully saturated rings. The van der Waals surface area contributed by atoms with E-state index in [9.17, 15) is 9.59 Å². The van der Waals surface area contributed by atoms with Gasteiger partial charge in [-0.1, -0.05) is 30.3 Å². The predicted octanol–water partition coefficient (Wildman–Crippen LogP) is 5.28. The van der Waals surface area contributed by atoms with Gasteiger partial charge in [0.1, 0.15) is 5.65 Å². The van der Waals surface area contributed by atoms with Crippen molar-refractivity contribution >= 4 is 34.9 Å². The summed E-state index contributed by atoms with van der Waals surface area (Å²) < 4.78 is 2.02. The minimum atomic E-state index is -0.187. The lowest BCUT2D eigenvalue weighted by Gasteiger charge is -2.15. The SMILES string of the molecule is Cc1cccn2cc(-c3ccc(NC(=O)c4ccccc4SCC(=O)N4CCCC4)cc3)nc12. The number of benzene rings is 2. The lowest BCUT2D eigenvalue weighted by molar-refractivity contribution is -0.127. The molecular formula is C27H26N4O2S. The van der Waals surface area contributed by atoms with Crippen LogP contribution >= 0.6 is 11.8 Å². The number of anilines is 1. The number of nitrogens with zero attached hydrogens (tertiary/aromatic N) is 3. The molecule has 5 rings (SSSR count). The van der Waals surface area contributed by atoms with Crippen molar-refractivity contribution in [1.82, 2.24) is 14.3 Å². The molecule has 0 aliphatic carbocycles. The average Bonchev–Trinajstić information content (AvgIpc) is 3.54. The van der Waals surface area contributed by atoms with Crippen LogP contribution in [0, 0.1) is 6.92 Å². The minimum absolute atomic E-state index is 0.135. The fourth-order valence-electron chi connectivity index (χ4n) is 4.19. The van der Waals surface area contributed by atoms with Crippen LogP contribution in [0.5, 0.6) is 0 Å². The molecule has 0 radical (unpaired) electrons. The summed E-state index contributed by atoms with van der Waals surface area (Å²) in [6.45, 7) is 3.72. The summed E-state index contributed by atoms with van der Waals surface area (Å²) in [5.41, 5.74) is 5.21. The molecule has 0 atom stereocenters. The van der Waals surface area contributed by atoms with Gasteiger partial charge < -0.3 is 14.6 Å². The van der Waals surface area contributed by atoms with Crippen molar-refractivity contribution in [2.24, 2.45) is 0 Å². The zero-order valence-corrected chi connectivity index (χ0v) is 19.8. The molecule has 1 aliphatic rings. The third-order valence-electron chi connectivity index (χ3n) is 6.06. The molecule has 2 aromatic heterocycles. The first-order valence-electron chi connectivity index (χ1n) is 11.4. The number of hydrogen-bond acceptors (Lipinski definition) is 4. The Labute approximate surface area is 203 Å². The number of carbonyl (C=O) groups excluding carboxylic acids is 2. The lowest BCUT2D eigenvalue weighted by atomic mass is 10.1. The molecule has 0 unspecified atom stereocenters. The molecule has 2 aromatic carbocycles. The summed E-state index contributed by atoms with van der Waals surface area (Å²) in [6, 6.07) is 19.2. The summed E-state index contributed by atoms with van der Waals surface area (Å²) in [4.78, 5) is 32.9. The Morgan fingerprint density at radius 2 is 1.76 bits per heavy atom. The van der Waals surface area contributed by atoms with Crippen LogP contribution in [0.2, 0.25) is 0 Å². The maximum absolute atomic E-state index is 13.0. The lowest BCUT2D eigenvalue weighted by Crippen LogP contribution is -2.29. The molecule has 34 heavy (non-hydrogen) atoms. The van der Waals surface area contributed by atoms with Crippen molar-refractivity contribution in [3.05, 3.63) is 84.2 Å². The second-order valence-corrected chi connectivity index (χ2v) is 9.47. The van der Waals surface area contributed by atoms with Gasteiger partial charge in [-0.3, -0.25) is 9.59 Å². The highest BCUT2D eigenvalue weighted by Gasteiger charge is 2.19. The Bertz CT molecular complexity index is 1340. The van der Waals surface area contributed by atoms with Crippen LogP contribution in [-0.2, 0) is 4.79 Å². The van der Waals surface area contributed by atoms with E-state index in [1.807, 2.05) is 83.2 Å². The molecule has 7 heteroatoms. The number of carbonyl (C=O) groups is 2. The Kier molecular flexibility index (Phi) is 6.36. The molecule has 4 aromatic rings. The quantitative estimate of drug-likeness (QED) is 0.390. The topological polar surface area (TPSA) is 66.7 Å². The Morgan fingerprint density at radius 1 is 1.00 bits per heavy atom. The van der Waals surface area contributed by atoms with Gasteiger partial charge in [-0.2, -0.15) is 0 Å². The molecule has 1 N–H and O–H groups in total. The standard InChI is InChI=1S/C27H26N4O2S/c1-19-7-6-16-31-17-23(29-26(19)31)20-10-12-21(13-11-20)28-27(33)22-8-2-3-9-24(22)34-18-25(32)30-14-4-5-15-30/h2-3,6-13,16-17H,4-5,14-15,18H2,1H3,(H,28,33). The molecular weight excluding hydrogens is 444 g/mol. The summed E-state index contributed by atoms with van der Waals surface area (Å²) in [6.07, 6.45) is 6.14. The number of thioether (sulfide) groups is 1. The zero-order chi connectivity index (χ0) is 23.5. The first-order chi connectivity index (χ1) is 16.6. The van der Waals surface area contributed by atoms with Crippen molar-refractivity contribution in [2.45, 2.75) is 24.7 Å². The summed E-state index contributed by atoms with van der Waals surface area (Å²) >= 11 is 1.42. The van der Waals surface area contributed by atoms with Gasteiger partial charge in [0.25, 0.3) is 5.91 Å². The molecule has 1 aliphatic heterocycles. The largest absolute Gasteiger partial charge is 0.342 e. The van der Waals surface area contributed by atoms with Crippen molar-refractivity contribution < 1.29 is 9.59 Å². The van der Waals surface area contributed by atoms with Gasteiger partial charge in [0, 0.05) is 41.6 Å². The highest BCUT2D eigenvalue weighted by molar-refractivity contribution is 8.00. The molecule has 2 amide bonds. The Balaban J connectivity index is 1.27. The van der Waals surface area contributed by atoms with E-state index in [2.05, 4.69) is 5.32 Å². The second kappa shape index (κ2) is 9.73. The predicted molar refractivity (Wildman–Crippen MR) is 136 cm³/mol. The summed E-state index contributed by atoms with van der Waals surface area (Å²) in [7, 11) is 0. The van der Waals surface area contributed by atoms with Gasteiger partial charge in [-0.25, -0.2) is 4.98 Å². The minimum Gasteiger partial charge on any atom is -0.342 e. The third-order valence-corrected chi connectivity index (χ3v) is 7.12. The van der Waals surface area contributed by atoms with E-state index in [0.29, 0.717) is 17.0 Å². The van der Waals surface area contributed by atoms with Gasteiger partial charge >= 0.3 is 0 Å². The smallest absolute Gasteiger partial charge is 0.256 e. The maximum Gasteiger partial charge on any atom is 0.256 e. The number of fused-ring (bicyclic) bond motifs is 1. The van der Waals surface area contributed by atoms with E-state index < -0.39 is 0 Å². The molecule has 1 saturated heterocycles. The molecule has 0 saturated carbocycles.